The topological polar surface area (TPSA) is 66.4 Å². The van der Waals surface area contributed by atoms with E-state index in [9.17, 15) is 8.42 Å². The summed E-state index contributed by atoms with van der Waals surface area (Å²) >= 11 is 5.59. The van der Waals surface area contributed by atoms with Crippen LogP contribution in [0, 0.1) is 0 Å². The Bertz CT molecular complexity index is 376. The summed E-state index contributed by atoms with van der Waals surface area (Å²) in [6, 6.07) is 6.20. The lowest BCUT2D eigenvalue weighted by molar-refractivity contribution is 0.490. The summed E-state index contributed by atoms with van der Waals surface area (Å²) in [6.45, 7) is 0. The van der Waals surface area contributed by atoms with Crippen LogP contribution in [0.25, 0.3) is 0 Å². The minimum absolute atomic E-state index is 0.154. The summed E-state index contributed by atoms with van der Waals surface area (Å²) in [5.41, 5.74) is 0.154. The minimum atomic E-state index is -4.23. The van der Waals surface area contributed by atoms with Crippen molar-refractivity contribution in [1.29, 1.82) is 0 Å². The van der Waals surface area contributed by atoms with Crippen molar-refractivity contribution in [2.45, 2.75) is 0 Å². The van der Waals surface area contributed by atoms with Crippen molar-refractivity contribution in [3.05, 3.63) is 29.3 Å². The second kappa shape index (κ2) is 3.30. The van der Waals surface area contributed by atoms with Crippen molar-refractivity contribution in [3.8, 4) is 0 Å². The van der Waals surface area contributed by atoms with Gasteiger partial charge in [0, 0.05) is 0 Å². The predicted molar refractivity (Wildman–Crippen MR) is 46.6 cm³/mol. The van der Waals surface area contributed by atoms with Gasteiger partial charge >= 0.3 is 10.3 Å². The molecule has 0 spiro atoms. The Labute approximate surface area is 75.0 Å². The van der Waals surface area contributed by atoms with Gasteiger partial charge < -0.3 is 0 Å². The minimum Gasteiger partial charge on any atom is -0.269 e. The van der Waals surface area contributed by atoms with Gasteiger partial charge in [-0.05, 0) is 12.1 Å². The summed E-state index contributed by atoms with van der Waals surface area (Å²) in [5, 5.41) is 0.232. The maximum Gasteiger partial charge on any atom is 0.357 e. The molecule has 1 aromatic carbocycles. The molecule has 0 aromatic heterocycles. The zero-order valence-electron chi connectivity index (χ0n) is 5.86. The Kier molecular flexibility index (Phi) is 2.56. The van der Waals surface area contributed by atoms with Gasteiger partial charge in [-0.2, -0.15) is 8.42 Å². The van der Waals surface area contributed by atoms with Crippen LogP contribution in [-0.2, 0) is 10.3 Å². The standard InChI is InChI=1S/C6H6ClNO3S/c7-5-3-1-2-4-6(5)8-12(9,10)11/h1-4,8H,(H,9,10,11). The summed E-state index contributed by atoms with van der Waals surface area (Å²) in [5.74, 6) is 0. The quantitative estimate of drug-likeness (QED) is 0.724. The monoisotopic (exact) mass is 207 g/mol. The van der Waals surface area contributed by atoms with Crippen molar-refractivity contribution in [1.82, 2.24) is 0 Å². The van der Waals surface area contributed by atoms with Gasteiger partial charge in [-0.15, -0.1) is 0 Å². The van der Waals surface area contributed by atoms with Gasteiger partial charge in [-0.3, -0.25) is 9.27 Å². The number of rotatable bonds is 2. The van der Waals surface area contributed by atoms with Gasteiger partial charge in [-0.1, -0.05) is 23.7 Å². The molecule has 0 fully saturated rings. The summed E-state index contributed by atoms with van der Waals surface area (Å²) in [7, 11) is -4.23. The molecule has 1 rings (SSSR count). The second-order valence-electron chi connectivity index (χ2n) is 2.06. The highest BCUT2D eigenvalue weighted by Crippen LogP contribution is 2.20. The van der Waals surface area contributed by atoms with E-state index in [-0.39, 0.29) is 10.7 Å². The van der Waals surface area contributed by atoms with E-state index < -0.39 is 10.3 Å². The lowest BCUT2D eigenvalue weighted by Gasteiger charge is -2.02. The molecule has 0 saturated carbocycles. The van der Waals surface area contributed by atoms with Crippen LogP contribution in [0.3, 0.4) is 0 Å². The van der Waals surface area contributed by atoms with Crippen LogP contribution >= 0.6 is 11.6 Å². The highest BCUT2D eigenvalue weighted by atomic mass is 35.5. The molecule has 6 heteroatoms. The number of hydrogen-bond acceptors (Lipinski definition) is 2. The van der Waals surface area contributed by atoms with Gasteiger partial charge in [0.25, 0.3) is 0 Å². The number of hydrogen-bond donors (Lipinski definition) is 2. The first-order valence-corrected chi connectivity index (χ1v) is 4.80. The van der Waals surface area contributed by atoms with Gasteiger partial charge in [0.15, 0.2) is 0 Å². The molecule has 0 unspecified atom stereocenters. The normalized spacial score (nSPS) is 11.2. The molecular formula is C6H6ClNO3S. The highest BCUT2D eigenvalue weighted by molar-refractivity contribution is 7.87. The molecule has 0 amide bonds. The largest absolute Gasteiger partial charge is 0.357 e. The Balaban J connectivity index is 2.98. The average molecular weight is 208 g/mol. The predicted octanol–water partition coefficient (Wildman–Crippen LogP) is 1.55. The van der Waals surface area contributed by atoms with Crippen molar-refractivity contribution < 1.29 is 13.0 Å². The van der Waals surface area contributed by atoms with Crippen LogP contribution in [0.15, 0.2) is 24.3 Å². The number of anilines is 1. The van der Waals surface area contributed by atoms with Crippen LogP contribution in [0.5, 0.6) is 0 Å². The van der Waals surface area contributed by atoms with E-state index in [4.69, 9.17) is 16.2 Å². The molecule has 2 N–H and O–H groups in total. The van der Waals surface area contributed by atoms with Crippen molar-refractivity contribution in [2.75, 3.05) is 4.72 Å². The number of para-hydroxylation sites is 1. The van der Waals surface area contributed by atoms with E-state index in [1.54, 1.807) is 12.1 Å². The van der Waals surface area contributed by atoms with Crippen LogP contribution in [-0.4, -0.2) is 13.0 Å². The van der Waals surface area contributed by atoms with Crippen LogP contribution in [0.4, 0.5) is 5.69 Å². The number of benzene rings is 1. The van der Waals surface area contributed by atoms with Gasteiger partial charge in [0.2, 0.25) is 0 Å². The van der Waals surface area contributed by atoms with E-state index in [0.29, 0.717) is 0 Å². The van der Waals surface area contributed by atoms with Crippen molar-refractivity contribution in [2.24, 2.45) is 0 Å². The molecule has 0 atom stereocenters. The fourth-order valence-corrected chi connectivity index (χ4v) is 1.38. The fraction of sp³-hybridized carbons (Fsp3) is 0. The van der Waals surface area contributed by atoms with Gasteiger partial charge in [0.05, 0.1) is 10.7 Å². The number of halogens is 1. The average Bonchev–Trinajstić information content (AvgIpc) is 1.91. The molecule has 0 saturated heterocycles. The zero-order chi connectivity index (χ0) is 9.19. The lowest BCUT2D eigenvalue weighted by Crippen LogP contribution is -2.10. The molecule has 0 aliphatic rings. The first-order valence-electron chi connectivity index (χ1n) is 2.99. The van der Waals surface area contributed by atoms with Crippen LogP contribution in [0.1, 0.15) is 0 Å². The van der Waals surface area contributed by atoms with Crippen LogP contribution in [0.2, 0.25) is 5.02 Å². The zero-order valence-corrected chi connectivity index (χ0v) is 7.43. The Morgan fingerprint density at radius 3 is 2.42 bits per heavy atom. The maximum atomic E-state index is 10.3. The molecule has 1 aromatic rings. The molecule has 0 bridgehead atoms. The molecule has 4 nitrogen and oxygen atoms in total. The first-order chi connectivity index (χ1) is 5.49. The third kappa shape index (κ3) is 2.69. The molecule has 0 aliphatic heterocycles. The number of nitrogens with one attached hydrogen (secondary N) is 1. The molecule has 12 heavy (non-hydrogen) atoms. The fourth-order valence-electron chi connectivity index (χ4n) is 0.683. The highest BCUT2D eigenvalue weighted by Gasteiger charge is 2.05. The third-order valence-corrected chi connectivity index (χ3v) is 1.92. The van der Waals surface area contributed by atoms with Crippen LogP contribution < -0.4 is 4.72 Å². The van der Waals surface area contributed by atoms with E-state index in [2.05, 4.69) is 0 Å². The maximum absolute atomic E-state index is 10.3. The van der Waals surface area contributed by atoms with Crippen molar-refractivity contribution in [3.63, 3.8) is 0 Å². The van der Waals surface area contributed by atoms with Gasteiger partial charge in [-0.25, -0.2) is 0 Å². The summed E-state index contributed by atoms with van der Waals surface area (Å²) < 4.78 is 30.9. The molecular weight excluding hydrogens is 202 g/mol. The van der Waals surface area contributed by atoms with Crippen molar-refractivity contribution >= 4 is 27.6 Å². The molecule has 66 valence electrons. The Morgan fingerprint density at radius 1 is 1.33 bits per heavy atom. The molecule has 0 heterocycles. The van der Waals surface area contributed by atoms with Gasteiger partial charge in [0.1, 0.15) is 0 Å². The Hall–Kier alpha value is -0.780. The van der Waals surface area contributed by atoms with E-state index in [1.165, 1.54) is 12.1 Å². The first kappa shape index (κ1) is 9.31. The SMILES string of the molecule is O=S(=O)(O)Nc1ccccc1Cl. The smallest absolute Gasteiger partial charge is 0.269 e. The second-order valence-corrected chi connectivity index (χ2v) is 3.62. The Morgan fingerprint density at radius 2 is 1.92 bits per heavy atom. The molecule has 0 aliphatic carbocycles. The van der Waals surface area contributed by atoms with E-state index in [1.807, 2.05) is 4.72 Å². The summed E-state index contributed by atoms with van der Waals surface area (Å²) in [4.78, 5) is 0. The van der Waals surface area contributed by atoms with E-state index >= 15 is 0 Å². The lowest BCUT2D eigenvalue weighted by atomic mass is 10.3. The third-order valence-electron chi connectivity index (χ3n) is 1.11. The summed E-state index contributed by atoms with van der Waals surface area (Å²) in [6.07, 6.45) is 0. The molecule has 0 radical (unpaired) electrons. The van der Waals surface area contributed by atoms with E-state index in [0.717, 1.165) is 0 Å².